The maximum atomic E-state index is 13.9. The predicted octanol–water partition coefficient (Wildman–Crippen LogP) is 4.63. The number of nitrogens with two attached hydrogens (primary N) is 1. The van der Waals surface area contributed by atoms with E-state index in [9.17, 15) is 27.6 Å². The van der Waals surface area contributed by atoms with Crippen molar-refractivity contribution < 1.29 is 27.6 Å². The van der Waals surface area contributed by atoms with E-state index in [0.717, 1.165) is 22.8 Å². The van der Waals surface area contributed by atoms with Gasteiger partial charge in [-0.15, -0.1) is 0 Å². The third-order valence-electron chi connectivity index (χ3n) is 8.37. The normalized spacial score (nSPS) is 17.0. The van der Waals surface area contributed by atoms with E-state index in [4.69, 9.17) is 5.73 Å². The van der Waals surface area contributed by atoms with Gasteiger partial charge in [0.1, 0.15) is 35.6 Å². The summed E-state index contributed by atoms with van der Waals surface area (Å²) in [5, 5.41) is 7.57. The standard InChI is InChI=1S/C32H35F3N8O3/c1-16-7-8-25(32(33,34)35)39-29(16)40-30(46)24-11-22(31(5,6)36)14-42(24)26(45)15-43-28-17(2)9-20(21-12-37-19(4)38-13-21)10-23(28)27(41-43)18(3)44/h7-10,12-13,22,24H,11,14-15,36H2,1-6H3,(H,39,40,46)/t22?,24-/m0/s1. The molecule has 4 heterocycles. The Bertz CT molecular complexity index is 1840. The number of alkyl halides is 3. The van der Waals surface area contributed by atoms with Crippen molar-refractivity contribution in [3.63, 3.8) is 0 Å². The maximum absolute atomic E-state index is 13.9. The number of carbonyl (C=O) groups excluding carboxylic acids is 3. The number of hydrogen-bond acceptors (Lipinski definition) is 8. The van der Waals surface area contributed by atoms with E-state index in [2.05, 4.69) is 25.4 Å². The minimum Gasteiger partial charge on any atom is -0.329 e. The number of ketones is 1. The first-order valence-corrected chi connectivity index (χ1v) is 14.7. The molecule has 1 aliphatic heterocycles. The van der Waals surface area contributed by atoms with Crippen LogP contribution in [0.3, 0.4) is 0 Å². The number of nitrogens with zero attached hydrogens (tertiary/aromatic N) is 6. The number of rotatable bonds is 7. The van der Waals surface area contributed by atoms with Crippen molar-refractivity contribution in [2.24, 2.45) is 11.7 Å². The van der Waals surface area contributed by atoms with Crippen LogP contribution in [0.1, 0.15) is 60.3 Å². The highest BCUT2D eigenvalue weighted by Gasteiger charge is 2.44. The third kappa shape index (κ3) is 6.48. The fourth-order valence-electron chi connectivity index (χ4n) is 5.74. The van der Waals surface area contributed by atoms with E-state index in [1.165, 1.54) is 29.5 Å². The average molecular weight is 637 g/mol. The molecule has 0 spiro atoms. The second-order valence-corrected chi connectivity index (χ2v) is 12.4. The molecule has 1 aliphatic rings. The average Bonchev–Trinajstić information content (AvgIpc) is 3.57. The van der Waals surface area contributed by atoms with Gasteiger partial charge in [0.2, 0.25) is 11.8 Å². The summed E-state index contributed by atoms with van der Waals surface area (Å²) in [5.41, 5.74) is 7.87. The van der Waals surface area contributed by atoms with Gasteiger partial charge in [-0.25, -0.2) is 15.0 Å². The van der Waals surface area contributed by atoms with Crippen LogP contribution in [-0.4, -0.2) is 65.4 Å². The molecule has 4 aromatic rings. The molecule has 0 radical (unpaired) electrons. The van der Waals surface area contributed by atoms with Gasteiger partial charge in [-0.1, -0.05) is 6.07 Å². The van der Waals surface area contributed by atoms with Crippen molar-refractivity contribution in [2.45, 2.75) is 72.3 Å². The van der Waals surface area contributed by atoms with Crippen LogP contribution in [0, 0.1) is 26.7 Å². The molecule has 3 N–H and O–H groups in total. The number of aryl methyl sites for hydroxylation is 3. The SMILES string of the molecule is CC(=O)c1nn(CC(=O)N2CC(C(C)(C)N)C[C@H]2C(=O)Nc2nc(C(F)(F)F)ccc2C)c2c(C)cc(-c3cnc(C)nc3)cc12. The van der Waals surface area contributed by atoms with Gasteiger partial charge in [0.25, 0.3) is 0 Å². The van der Waals surface area contributed by atoms with Gasteiger partial charge >= 0.3 is 6.18 Å². The maximum Gasteiger partial charge on any atom is 0.433 e. The Morgan fingerprint density at radius 2 is 1.70 bits per heavy atom. The number of benzene rings is 1. The zero-order valence-electron chi connectivity index (χ0n) is 26.4. The molecule has 3 aromatic heterocycles. The number of nitrogens with one attached hydrogen (secondary N) is 1. The Balaban J connectivity index is 1.48. The molecule has 1 unspecified atom stereocenters. The lowest BCUT2D eigenvalue weighted by Crippen LogP contribution is -2.45. The minimum absolute atomic E-state index is 0.144. The highest BCUT2D eigenvalue weighted by molar-refractivity contribution is 6.07. The third-order valence-corrected chi connectivity index (χ3v) is 8.37. The number of hydrogen-bond donors (Lipinski definition) is 2. The number of carbonyl (C=O) groups is 3. The zero-order chi connectivity index (χ0) is 33.7. The van der Waals surface area contributed by atoms with Crippen LogP contribution in [0.5, 0.6) is 0 Å². The topological polar surface area (TPSA) is 149 Å². The summed E-state index contributed by atoms with van der Waals surface area (Å²) in [4.78, 5) is 53.7. The highest BCUT2D eigenvalue weighted by Crippen LogP contribution is 2.34. The molecule has 46 heavy (non-hydrogen) atoms. The molecule has 11 nitrogen and oxygen atoms in total. The zero-order valence-corrected chi connectivity index (χ0v) is 26.4. The van der Waals surface area contributed by atoms with E-state index < -0.39 is 35.3 Å². The van der Waals surface area contributed by atoms with Gasteiger partial charge in [0, 0.05) is 42.4 Å². The van der Waals surface area contributed by atoms with E-state index >= 15 is 0 Å². The number of pyridine rings is 1. The number of halogens is 3. The van der Waals surface area contributed by atoms with Crippen LogP contribution in [0.15, 0.2) is 36.7 Å². The van der Waals surface area contributed by atoms with Crippen molar-refractivity contribution >= 4 is 34.3 Å². The summed E-state index contributed by atoms with van der Waals surface area (Å²) in [7, 11) is 0. The highest BCUT2D eigenvalue weighted by atomic mass is 19.4. The summed E-state index contributed by atoms with van der Waals surface area (Å²) < 4.78 is 41.4. The molecule has 2 amide bonds. The molecule has 1 fully saturated rings. The molecule has 0 bridgehead atoms. The Morgan fingerprint density at radius 1 is 1.02 bits per heavy atom. The Morgan fingerprint density at radius 3 is 2.30 bits per heavy atom. The number of Topliss-reactive ketones (excluding diaryl/α,β-unsaturated/α-hetero) is 1. The summed E-state index contributed by atoms with van der Waals surface area (Å²) in [5.74, 6) is -1.34. The van der Waals surface area contributed by atoms with Crippen molar-refractivity contribution in [3.05, 3.63) is 65.0 Å². The quantitative estimate of drug-likeness (QED) is 0.279. The van der Waals surface area contributed by atoms with Crippen molar-refractivity contribution in [1.82, 2.24) is 29.6 Å². The number of anilines is 1. The first kappa shape index (κ1) is 32.7. The van der Waals surface area contributed by atoms with Crippen LogP contribution < -0.4 is 11.1 Å². The number of amides is 2. The molecule has 14 heteroatoms. The van der Waals surface area contributed by atoms with Gasteiger partial charge < -0.3 is 16.0 Å². The fourth-order valence-corrected chi connectivity index (χ4v) is 5.74. The molecule has 1 aromatic carbocycles. The van der Waals surface area contributed by atoms with Crippen LogP contribution in [0.4, 0.5) is 19.0 Å². The molecular weight excluding hydrogens is 601 g/mol. The van der Waals surface area contributed by atoms with E-state index in [-0.39, 0.29) is 42.7 Å². The summed E-state index contributed by atoms with van der Waals surface area (Å²) >= 11 is 0. The van der Waals surface area contributed by atoms with Crippen LogP contribution in [0.2, 0.25) is 0 Å². The second kappa shape index (κ2) is 11.9. The smallest absolute Gasteiger partial charge is 0.329 e. The fraction of sp³-hybridized carbons (Fsp3) is 0.406. The molecule has 242 valence electrons. The second-order valence-electron chi connectivity index (χ2n) is 12.4. The van der Waals surface area contributed by atoms with E-state index in [0.29, 0.717) is 22.3 Å². The van der Waals surface area contributed by atoms with Gasteiger partial charge in [0.05, 0.1) is 5.52 Å². The number of likely N-dealkylation sites (tertiary alicyclic amines) is 1. The molecule has 0 saturated carbocycles. The van der Waals surface area contributed by atoms with Crippen molar-refractivity contribution in [2.75, 3.05) is 11.9 Å². The van der Waals surface area contributed by atoms with Crippen molar-refractivity contribution in [1.29, 1.82) is 0 Å². The van der Waals surface area contributed by atoms with Crippen LogP contribution in [0.25, 0.3) is 22.0 Å². The Hall–Kier alpha value is -4.72. The van der Waals surface area contributed by atoms with Gasteiger partial charge in [-0.2, -0.15) is 18.3 Å². The Labute approximate surface area is 263 Å². The molecular formula is C32H35F3N8O3. The lowest BCUT2D eigenvalue weighted by Gasteiger charge is -2.27. The molecule has 2 atom stereocenters. The minimum atomic E-state index is -4.70. The first-order valence-electron chi connectivity index (χ1n) is 14.7. The van der Waals surface area contributed by atoms with Gasteiger partial charge in [0.15, 0.2) is 5.78 Å². The molecule has 0 aliphatic carbocycles. The van der Waals surface area contributed by atoms with Gasteiger partial charge in [-0.05, 0) is 81.8 Å². The van der Waals surface area contributed by atoms with E-state index in [1.54, 1.807) is 33.2 Å². The summed E-state index contributed by atoms with van der Waals surface area (Å²) in [6, 6.07) is 4.74. The van der Waals surface area contributed by atoms with Gasteiger partial charge in [-0.3, -0.25) is 19.1 Å². The summed E-state index contributed by atoms with van der Waals surface area (Å²) in [6.45, 7) is 9.98. The molecule has 5 rings (SSSR count). The first-order chi connectivity index (χ1) is 21.4. The monoisotopic (exact) mass is 636 g/mol. The lowest BCUT2D eigenvalue weighted by atomic mass is 9.86. The number of aromatic nitrogens is 5. The lowest BCUT2D eigenvalue weighted by molar-refractivity contribution is -0.141. The predicted molar refractivity (Wildman–Crippen MR) is 165 cm³/mol. The Kier molecular flexibility index (Phi) is 8.45. The number of fused-ring (bicyclic) bond motifs is 1. The van der Waals surface area contributed by atoms with Crippen LogP contribution in [-0.2, 0) is 22.3 Å². The van der Waals surface area contributed by atoms with Crippen molar-refractivity contribution in [3.8, 4) is 11.1 Å². The molecule has 1 saturated heterocycles. The summed E-state index contributed by atoms with van der Waals surface area (Å²) in [6.07, 6.45) is -1.13. The largest absolute Gasteiger partial charge is 0.433 e. The van der Waals surface area contributed by atoms with Crippen LogP contribution >= 0.6 is 0 Å². The van der Waals surface area contributed by atoms with E-state index in [1.807, 2.05) is 19.1 Å².